The minimum absolute atomic E-state index is 0.106. The van der Waals surface area contributed by atoms with Crippen LogP contribution in [-0.2, 0) is 4.79 Å². The molecule has 0 bridgehead atoms. The summed E-state index contributed by atoms with van der Waals surface area (Å²) in [5, 5.41) is 1.02. The first kappa shape index (κ1) is 17.7. The average molecular weight is 440 g/mol. The summed E-state index contributed by atoms with van der Waals surface area (Å²) < 4.78 is 1.24. The lowest BCUT2D eigenvalue weighted by molar-refractivity contribution is -0.133. The highest BCUT2D eigenvalue weighted by atomic mass is 79.9. The van der Waals surface area contributed by atoms with E-state index in [4.69, 9.17) is 0 Å². The molecule has 3 atom stereocenters. The van der Waals surface area contributed by atoms with Crippen molar-refractivity contribution in [2.45, 2.75) is 49.7 Å². The smallest absolute Gasteiger partial charge is 0.223 e. The lowest BCUT2D eigenvalue weighted by Crippen LogP contribution is -2.31. The second-order valence-electron chi connectivity index (χ2n) is 7.19. The number of halogens is 1. The summed E-state index contributed by atoms with van der Waals surface area (Å²) in [4.78, 5) is 23.9. The predicted molar refractivity (Wildman–Crippen MR) is 109 cm³/mol. The molecule has 4 rings (SSSR count). The van der Waals surface area contributed by atoms with E-state index in [0.717, 1.165) is 30.9 Å². The molecule has 1 amide bonds. The lowest BCUT2D eigenvalue weighted by atomic mass is 10.1. The molecule has 0 radical (unpaired) electrons. The maximum Gasteiger partial charge on any atom is 0.223 e. The van der Waals surface area contributed by atoms with Gasteiger partial charge in [-0.3, -0.25) is 4.79 Å². The normalized spacial score (nSPS) is 28.5. The van der Waals surface area contributed by atoms with Crippen molar-refractivity contribution >= 4 is 50.3 Å². The number of rotatable bonds is 4. The molecule has 0 aliphatic carbocycles. The molecule has 3 aliphatic heterocycles. The minimum Gasteiger partial charge on any atom is -0.340 e. The number of carbonyl (C=O) groups is 1. The first-order chi connectivity index (χ1) is 12.0. The molecule has 0 aromatic carbocycles. The van der Waals surface area contributed by atoms with Crippen LogP contribution >= 0.6 is 39.5 Å². The number of H-pyrrole nitrogens is 1. The van der Waals surface area contributed by atoms with Crippen LogP contribution in [0.1, 0.15) is 50.7 Å². The molecule has 3 aliphatic rings. The number of imidazole rings is 1. The van der Waals surface area contributed by atoms with E-state index in [-0.39, 0.29) is 11.9 Å². The molecular formula is C18H22BrN3OS2. The third-order valence-electron chi connectivity index (χ3n) is 4.78. The van der Waals surface area contributed by atoms with Crippen molar-refractivity contribution < 1.29 is 4.79 Å². The van der Waals surface area contributed by atoms with Gasteiger partial charge >= 0.3 is 0 Å². The number of amides is 1. The Balaban J connectivity index is 1.48. The fraction of sp³-hybridized carbons (Fsp3) is 0.556. The lowest BCUT2D eigenvalue weighted by Gasteiger charge is -2.24. The van der Waals surface area contributed by atoms with E-state index in [1.807, 2.05) is 34.6 Å². The Morgan fingerprint density at radius 1 is 1.40 bits per heavy atom. The van der Waals surface area contributed by atoms with Gasteiger partial charge in [-0.1, -0.05) is 19.9 Å². The zero-order chi connectivity index (χ0) is 17.6. The van der Waals surface area contributed by atoms with Gasteiger partial charge in [0, 0.05) is 32.2 Å². The zero-order valence-corrected chi connectivity index (χ0v) is 17.6. The number of aromatic amines is 1. The molecule has 1 N–H and O–H groups in total. The van der Waals surface area contributed by atoms with Crippen molar-refractivity contribution in [3.05, 3.63) is 33.7 Å². The molecule has 4 nitrogen and oxygen atoms in total. The summed E-state index contributed by atoms with van der Waals surface area (Å²) in [6, 6.07) is 0.106. The number of nitrogens with one attached hydrogen (secondary N) is 1. The van der Waals surface area contributed by atoms with Crippen molar-refractivity contribution in [3.63, 3.8) is 0 Å². The van der Waals surface area contributed by atoms with E-state index in [1.165, 1.54) is 8.72 Å². The summed E-state index contributed by atoms with van der Waals surface area (Å²) in [5.74, 6) is 1.59. The van der Waals surface area contributed by atoms with Gasteiger partial charge in [-0.15, -0.1) is 23.5 Å². The van der Waals surface area contributed by atoms with Crippen LogP contribution in [0.2, 0.25) is 0 Å². The van der Waals surface area contributed by atoms with Crippen LogP contribution in [0.4, 0.5) is 0 Å². The van der Waals surface area contributed by atoms with E-state index in [2.05, 4.69) is 51.9 Å². The Labute approximate surface area is 165 Å². The maximum absolute atomic E-state index is 12.5. The zero-order valence-electron chi connectivity index (χ0n) is 14.4. The highest BCUT2D eigenvalue weighted by Gasteiger charge is 2.35. The van der Waals surface area contributed by atoms with Crippen molar-refractivity contribution in [3.8, 4) is 0 Å². The standard InChI is InChI=1S/C18H22BrN3OS2/c1-10(2)6-17(23)22-5-3-4-12(22)18-20-9-11(21-18)13-7-14-15(24-13)8-16(19)25-14/h7-10,12,14-15H,3-6H2,1-2H3,(H,20,21). The third kappa shape index (κ3) is 3.60. The molecule has 1 fully saturated rings. The van der Waals surface area contributed by atoms with Crippen molar-refractivity contribution in [1.82, 2.24) is 14.9 Å². The van der Waals surface area contributed by atoms with Gasteiger partial charge in [-0.05, 0) is 40.8 Å². The maximum atomic E-state index is 12.5. The number of likely N-dealkylation sites (tertiary alicyclic amines) is 1. The summed E-state index contributed by atoms with van der Waals surface area (Å²) in [5.41, 5.74) is 1.09. The fourth-order valence-electron chi connectivity index (χ4n) is 3.63. The van der Waals surface area contributed by atoms with Gasteiger partial charge in [0.15, 0.2) is 0 Å². The van der Waals surface area contributed by atoms with E-state index in [0.29, 0.717) is 22.8 Å². The first-order valence-corrected chi connectivity index (χ1v) is 11.3. The van der Waals surface area contributed by atoms with Gasteiger partial charge in [-0.25, -0.2) is 4.98 Å². The molecule has 0 saturated carbocycles. The van der Waals surface area contributed by atoms with Crippen LogP contribution in [0.5, 0.6) is 0 Å². The van der Waals surface area contributed by atoms with Crippen molar-refractivity contribution in [2.24, 2.45) is 5.92 Å². The van der Waals surface area contributed by atoms with Gasteiger partial charge in [0.25, 0.3) is 0 Å². The second-order valence-corrected chi connectivity index (χ2v) is 11.0. The van der Waals surface area contributed by atoms with E-state index >= 15 is 0 Å². The van der Waals surface area contributed by atoms with Gasteiger partial charge in [0.1, 0.15) is 5.82 Å². The van der Waals surface area contributed by atoms with E-state index < -0.39 is 0 Å². The van der Waals surface area contributed by atoms with Crippen molar-refractivity contribution in [2.75, 3.05) is 6.54 Å². The van der Waals surface area contributed by atoms with Crippen LogP contribution in [0.25, 0.3) is 4.91 Å². The molecule has 7 heteroatoms. The van der Waals surface area contributed by atoms with Gasteiger partial charge in [-0.2, -0.15) is 0 Å². The molecule has 25 heavy (non-hydrogen) atoms. The summed E-state index contributed by atoms with van der Waals surface area (Å²) in [6.07, 6.45) is 9.22. The second kappa shape index (κ2) is 7.16. The number of aromatic nitrogens is 2. The largest absolute Gasteiger partial charge is 0.340 e. The van der Waals surface area contributed by atoms with Crippen LogP contribution in [0, 0.1) is 5.92 Å². The molecule has 3 unspecified atom stereocenters. The number of nitrogens with zero attached hydrogens (tertiary/aromatic N) is 2. The number of fused-ring (bicyclic) bond motifs is 1. The quantitative estimate of drug-likeness (QED) is 0.722. The number of thioether (sulfide) groups is 2. The Morgan fingerprint density at radius 3 is 2.96 bits per heavy atom. The minimum atomic E-state index is 0.106. The SMILES string of the molecule is CC(C)CC(=O)N1CCCC1c1ncc(C2=CC3SC(Br)=CC3S2)[nH]1. The van der Waals surface area contributed by atoms with Gasteiger partial charge in [0.2, 0.25) is 5.91 Å². The monoisotopic (exact) mass is 439 g/mol. The van der Waals surface area contributed by atoms with Crippen molar-refractivity contribution in [1.29, 1.82) is 0 Å². The molecule has 0 spiro atoms. The highest BCUT2D eigenvalue weighted by Crippen LogP contribution is 2.51. The van der Waals surface area contributed by atoms with Gasteiger partial charge in [0.05, 0.1) is 17.9 Å². The fourth-order valence-corrected chi connectivity index (χ4v) is 7.31. The van der Waals surface area contributed by atoms with E-state index in [9.17, 15) is 4.79 Å². The van der Waals surface area contributed by atoms with Crippen LogP contribution in [0.3, 0.4) is 0 Å². The summed E-state index contributed by atoms with van der Waals surface area (Å²) in [6.45, 7) is 5.04. The number of hydrogen-bond acceptors (Lipinski definition) is 4. The molecule has 4 heterocycles. The molecule has 1 saturated heterocycles. The Kier molecular flexibility index (Phi) is 5.08. The predicted octanol–water partition coefficient (Wildman–Crippen LogP) is 4.93. The molecular weight excluding hydrogens is 418 g/mol. The van der Waals surface area contributed by atoms with Crippen LogP contribution < -0.4 is 0 Å². The summed E-state index contributed by atoms with van der Waals surface area (Å²) in [7, 11) is 0. The molecule has 1 aromatic heterocycles. The van der Waals surface area contributed by atoms with Crippen LogP contribution in [-0.4, -0.2) is 37.8 Å². The average Bonchev–Trinajstić information content (AvgIpc) is 3.28. The number of hydrogen-bond donors (Lipinski definition) is 1. The Morgan fingerprint density at radius 2 is 2.20 bits per heavy atom. The molecule has 1 aromatic rings. The Bertz CT molecular complexity index is 742. The Hall–Kier alpha value is -0.660. The number of carbonyl (C=O) groups excluding carboxylic acids is 1. The third-order valence-corrected chi connectivity index (χ3v) is 8.15. The highest BCUT2D eigenvalue weighted by molar-refractivity contribution is 9.14. The van der Waals surface area contributed by atoms with Gasteiger partial charge < -0.3 is 9.88 Å². The van der Waals surface area contributed by atoms with Crippen LogP contribution in [0.15, 0.2) is 22.2 Å². The first-order valence-electron chi connectivity index (χ1n) is 8.78. The molecule has 134 valence electrons. The van der Waals surface area contributed by atoms with E-state index in [1.54, 1.807) is 0 Å². The topological polar surface area (TPSA) is 49.0 Å². The summed E-state index contributed by atoms with van der Waals surface area (Å²) >= 11 is 7.34.